The standard InChI is InChI=1S/C17H22N2O3S/c1-22-16-4-2-3-15(11-16)19-17(21)18-8-5-13(6-9-20)14-7-10-23-12-14/h2-4,7,10-13,20H,5-6,8-9H2,1H3,(H2,18,19,21)/t13-/m1/s1. The van der Waals surface area contributed by atoms with E-state index >= 15 is 0 Å². The van der Waals surface area contributed by atoms with Gasteiger partial charge in [-0.1, -0.05) is 6.07 Å². The Morgan fingerprint density at radius 1 is 1.35 bits per heavy atom. The maximum absolute atomic E-state index is 11.9. The van der Waals surface area contributed by atoms with Crippen molar-refractivity contribution in [2.45, 2.75) is 18.8 Å². The Kier molecular flexibility index (Phi) is 6.90. The number of amides is 2. The van der Waals surface area contributed by atoms with E-state index in [9.17, 15) is 9.90 Å². The first-order valence-corrected chi connectivity index (χ1v) is 8.49. The molecular formula is C17H22N2O3S. The Balaban J connectivity index is 1.79. The molecule has 124 valence electrons. The summed E-state index contributed by atoms with van der Waals surface area (Å²) in [6.45, 7) is 0.701. The van der Waals surface area contributed by atoms with Crippen LogP contribution in [0, 0.1) is 0 Å². The molecule has 0 radical (unpaired) electrons. The second kappa shape index (κ2) is 9.17. The lowest BCUT2D eigenvalue weighted by Crippen LogP contribution is -2.30. The largest absolute Gasteiger partial charge is 0.497 e. The Labute approximate surface area is 140 Å². The van der Waals surface area contributed by atoms with Gasteiger partial charge in [0.05, 0.1) is 7.11 Å². The van der Waals surface area contributed by atoms with Crippen molar-refractivity contribution >= 4 is 23.1 Å². The first-order valence-electron chi connectivity index (χ1n) is 7.54. The Bertz CT molecular complexity index is 602. The Morgan fingerprint density at radius 3 is 2.91 bits per heavy atom. The van der Waals surface area contributed by atoms with Crippen LogP contribution in [0.15, 0.2) is 41.1 Å². The zero-order valence-electron chi connectivity index (χ0n) is 13.1. The molecule has 6 heteroatoms. The lowest BCUT2D eigenvalue weighted by molar-refractivity contribution is 0.250. The molecule has 0 fully saturated rings. The molecule has 2 aromatic rings. The fourth-order valence-corrected chi connectivity index (χ4v) is 3.12. The molecule has 0 saturated heterocycles. The number of carbonyl (C=O) groups is 1. The lowest BCUT2D eigenvalue weighted by Gasteiger charge is -2.15. The summed E-state index contributed by atoms with van der Waals surface area (Å²) < 4.78 is 5.12. The van der Waals surface area contributed by atoms with Crippen molar-refractivity contribution < 1.29 is 14.6 Å². The normalized spacial score (nSPS) is 11.7. The number of thiophene rings is 1. The van der Waals surface area contributed by atoms with Gasteiger partial charge >= 0.3 is 6.03 Å². The van der Waals surface area contributed by atoms with E-state index < -0.39 is 0 Å². The van der Waals surface area contributed by atoms with Crippen LogP contribution >= 0.6 is 11.3 Å². The van der Waals surface area contributed by atoms with Gasteiger partial charge in [-0.25, -0.2) is 4.79 Å². The average molecular weight is 334 g/mol. The maximum Gasteiger partial charge on any atom is 0.319 e. The van der Waals surface area contributed by atoms with Gasteiger partial charge in [-0.2, -0.15) is 11.3 Å². The highest BCUT2D eigenvalue weighted by atomic mass is 32.1. The van der Waals surface area contributed by atoms with E-state index in [1.54, 1.807) is 24.5 Å². The van der Waals surface area contributed by atoms with Gasteiger partial charge in [0.2, 0.25) is 0 Å². The Morgan fingerprint density at radius 2 is 2.22 bits per heavy atom. The topological polar surface area (TPSA) is 70.6 Å². The summed E-state index contributed by atoms with van der Waals surface area (Å²) in [7, 11) is 1.59. The smallest absolute Gasteiger partial charge is 0.319 e. The molecule has 0 spiro atoms. The number of urea groups is 1. The van der Waals surface area contributed by atoms with E-state index in [0.29, 0.717) is 24.4 Å². The molecule has 0 saturated carbocycles. The highest BCUT2D eigenvalue weighted by molar-refractivity contribution is 7.07. The summed E-state index contributed by atoms with van der Waals surface area (Å²) in [6.07, 6.45) is 1.50. The third kappa shape index (κ3) is 5.58. The molecule has 23 heavy (non-hydrogen) atoms. The fourth-order valence-electron chi connectivity index (χ4n) is 2.38. The van der Waals surface area contributed by atoms with Crippen molar-refractivity contribution in [1.29, 1.82) is 0 Å². The quantitative estimate of drug-likeness (QED) is 0.692. The number of rotatable bonds is 8. The summed E-state index contributed by atoms with van der Waals surface area (Å²) >= 11 is 1.65. The number of methoxy groups -OCH3 is 1. The molecule has 2 amide bonds. The summed E-state index contributed by atoms with van der Waals surface area (Å²) in [5, 5.41) is 18.9. The van der Waals surface area contributed by atoms with Crippen LogP contribution in [0.1, 0.15) is 24.3 Å². The van der Waals surface area contributed by atoms with Gasteiger partial charge < -0.3 is 20.5 Å². The number of nitrogens with one attached hydrogen (secondary N) is 2. The highest BCUT2D eigenvalue weighted by Crippen LogP contribution is 2.24. The lowest BCUT2D eigenvalue weighted by atomic mass is 9.95. The van der Waals surface area contributed by atoms with Gasteiger partial charge in [0.1, 0.15) is 5.75 Å². The van der Waals surface area contributed by atoms with E-state index in [1.807, 2.05) is 23.6 Å². The van der Waals surface area contributed by atoms with Crippen LogP contribution in [0.25, 0.3) is 0 Å². The summed E-state index contributed by atoms with van der Waals surface area (Å²) in [4.78, 5) is 11.9. The highest BCUT2D eigenvalue weighted by Gasteiger charge is 2.12. The molecular weight excluding hydrogens is 312 g/mol. The molecule has 3 N–H and O–H groups in total. The number of hydrogen-bond acceptors (Lipinski definition) is 4. The van der Waals surface area contributed by atoms with Crippen LogP contribution in [-0.2, 0) is 0 Å². The van der Waals surface area contributed by atoms with E-state index in [1.165, 1.54) is 5.56 Å². The molecule has 2 rings (SSSR count). The predicted molar refractivity (Wildman–Crippen MR) is 93.4 cm³/mol. The number of ether oxygens (including phenoxy) is 1. The summed E-state index contributed by atoms with van der Waals surface area (Å²) in [5.41, 5.74) is 1.91. The van der Waals surface area contributed by atoms with Gasteiger partial charge in [0.15, 0.2) is 0 Å². The molecule has 0 bridgehead atoms. The number of anilines is 1. The number of hydrogen-bond donors (Lipinski definition) is 3. The predicted octanol–water partition coefficient (Wildman–Crippen LogP) is 3.43. The van der Waals surface area contributed by atoms with Gasteiger partial charge in [0, 0.05) is 24.9 Å². The molecule has 0 aliphatic rings. The molecule has 5 nitrogen and oxygen atoms in total. The van der Waals surface area contributed by atoms with Crippen LogP contribution in [0.3, 0.4) is 0 Å². The van der Waals surface area contributed by atoms with Gasteiger partial charge in [-0.15, -0.1) is 0 Å². The molecule has 1 heterocycles. The van der Waals surface area contributed by atoms with Gasteiger partial charge in [-0.3, -0.25) is 0 Å². The first kappa shape index (κ1) is 17.3. The fraction of sp³-hybridized carbons (Fsp3) is 0.353. The molecule has 0 aliphatic carbocycles. The molecule has 1 aromatic carbocycles. The van der Waals surface area contributed by atoms with Gasteiger partial charge in [-0.05, 0) is 53.3 Å². The van der Waals surface area contributed by atoms with Crippen molar-refractivity contribution in [2.75, 3.05) is 25.6 Å². The molecule has 1 atom stereocenters. The molecule has 1 aromatic heterocycles. The number of carbonyl (C=O) groups excluding carboxylic acids is 1. The number of benzene rings is 1. The number of aliphatic hydroxyl groups is 1. The van der Waals surface area contributed by atoms with Crippen molar-refractivity contribution in [2.24, 2.45) is 0 Å². The van der Waals surface area contributed by atoms with Crippen molar-refractivity contribution in [1.82, 2.24) is 5.32 Å². The third-order valence-electron chi connectivity index (χ3n) is 3.60. The van der Waals surface area contributed by atoms with E-state index in [4.69, 9.17) is 4.74 Å². The van der Waals surface area contributed by atoms with Crippen LogP contribution in [0.4, 0.5) is 10.5 Å². The van der Waals surface area contributed by atoms with Crippen molar-refractivity contribution in [3.8, 4) is 5.75 Å². The van der Waals surface area contributed by atoms with Crippen molar-refractivity contribution in [3.63, 3.8) is 0 Å². The second-order valence-electron chi connectivity index (χ2n) is 5.17. The summed E-state index contributed by atoms with van der Waals surface area (Å²) in [5.74, 6) is 0.964. The van der Waals surface area contributed by atoms with Crippen LogP contribution in [0.2, 0.25) is 0 Å². The van der Waals surface area contributed by atoms with E-state index in [-0.39, 0.29) is 18.6 Å². The number of aliphatic hydroxyl groups excluding tert-OH is 1. The third-order valence-corrected chi connectivity index (χ3v) is 4.30. The molecule has 0 unspecified atom stereocenters. The minimum absolute atomic E-state index is 0.149. The van der Waals surface area contributed by atoms with Crippen molar-refractivity contribution in [3.05, 3.63) is 46.7 Å². The first-order chi connectivity index (χ1) is 11.2. The van der Waals surface area contributed by atoms with Crippen LogP contribution < -0.4 is 15.4 Å². The minimum Gasteiger partial charge on any atom is -0.497 e. The zero-order chi connectivity index (χ0) is 16.5. The maximum atomic E-state index is 11.9. The Hall–Kier alpha value is -2.05. The zero-order valence-corrected chi connectivity index (χ0v) is 13.9. The summed E-state index contributed by atoms with van der Waals surface area (Å²) in [6, 6.07) is 9.04. The van der Waals surface area contributed by atoms with E-state index in [2.05, 4.69) is 22.1 Å². The monoisotopic (exact) mass is 334 g/mol. The van der Waals surface area contributed by atoms with E-state index in [0.717, 1.165) is 6.42 Å². The van der Waals surface area contributed by atoms with Crippen LogP contribution in [-0.4, -0.2) is 31.4 Å². The SMILES string of the molecule is COc1cccc(NC(=O)NCC[C@H](CCO)c2ccsc2)c1. The second-order valence-corrected chi connectivity index (χ2v) is 5.95. The van der Waals surface area contributed by atoms with Gasteiger partial charge in [0.25, 0.3) is 0 Å². The van der Waals surface area contributed by atoms with Crippen LogP contribution in [0.5, 0.6) is 5.75 Å². The average Bonchev–Trinajstić information content (AvgIpc) is 3.08. The minimum atomic E-state index is -0.244. The molecule has 0 aliphatic heterocycles.